The molecule has 1 aromatic carbocycles. The first-order valence-corrected chi connectivity index (χ1v) is 10.3. The fourth-order valence-electron chi connectivity index (χ4n) is 6.38. The van der Waals surface area contributed by atoms with Crippen LogP contribution in [-0.4, -0.2) is 43.8 Å². The minimum absolute atomic E-state index is 0.0828. The number of methoxy groups -OCH3 is 1. The summed E-state index contributed by atoms with van der Waals surface area (Å²) in [5.41, 5.74) is 3.39. The van der Waals surface area contributed by atoms with E-state index in [0.29, 0.717) is 29.7 Å². The Labute approximate surface area is 167 Å². The molecule has 2 fully saturated rings. The van der Waals surface area contributed by atoms with Gasteiger partial charge in [0, 0.05) is 35.5 Å². The van der Waals surface area contributed by atoms with Crippen molar-refractivity contribution in [3.05, 3.63) is 28.5 Å². The summed E-state index contributed by atoms with van der Waals surface area (Å²) in [5.74, 6) is -0.798. The van der Waals surface area contributed by atoms with E-state index in [1.54, 1.807) is 7.11 Å². The van der Waals surface area contributed by atoms with Gasteiger partial charge in [-0.15, -0.1) is 0 Å². The molecule has 3 heterocycles. The molecule has 154 valence electrons. The maximum Gasteiger partial charge on any atom is 0.342 e. The first-order valence-electron chi connectivity index (χ1n) is 10.3. The van der Waals surface area contributed by atoms with Crippen molar-refractivity contribution in [1.82, 2.24) is 0 Å². The summed E-state index contributed by atoms with van der Waals surface area (Å²) < 4.78 is 29.0. The Bertz CT molecular complexity index is 1030. The maximum absolute atomic E-state index is 12.4. The fourth-order valence-corrected chi connectivity index (χ4v) is 6.38. The van der Waals surface area contributed by atoms with Gasteiger partial charge in [0.25, 0.3) is 0 Å². The molecular formula is C22H24O7. The van der Waals surface area contributed by atoms with Crippen molar-refractivity contribution in [2.24, 2.45) is 5.41 Å². The maximum atomic E-state index is 12.4. The lowest BCUT2D eigenvalue weighted by atomic mass is 9.63. The third kappa shape index (κ3) is 2.01. The van der Waals surface area contributed by atoms with Crippen LogP contribution in [0.5, 0.6) is 5.75 Å². The Kier molecular flexibility index (Phi) is 3.51. The minimum Gasteiger partial charge on any atom is -0.504 e. The van der Waals surface area contributed by atoms with Gasteiger partial charge in [0.2, 0.25) is 0 Å². The lowest BCUT2D eigenvalue weighted by molar-refractivity contribution is -0.222. The number of furan rings is 1. The number of esters is 1. The molecule has 1 unspecified atom stereocenters. The molecule has 4 aliphatic rings. The van der Waals surface area contributed by atoms with Crippen molar-refractivity contribution in [2.45, 2.75) is 50.4 Å². The third-order valence-corrected chi connectivity index (χ3v) is 7.69. The lowest BCUT2D eigenvalue weighted by Gasteiger charge is -2.46. The van der Waals surface area contributed by atoms with E-state index in [0.717, 1.165) is 42.4 Å². The van der Waals surface area contributed by atoms with Crippen molar-refractivity contribution in [3.8, 4) is 5.75 Å². The zero-order valence-corrected chi connectivity index (χ0v) is 16.6. The summed E-state index contributed by atoms with van der Waals surface area (Å²) >= 11 is 0. The molecule has 29 heavy (non-hydrogen) atoms. The van der Waals surface area contributed by atoms with Crippen molar-refractivity contribution in [1.29, 1.82) is 0 Å². The topological polar surface area (TPSA) is 87.4 Å². The molecule has 6 rings (SSSR count). The van der Waals surface area contributed by atoms with Gasteiger partial charge < -0.3 is 28.5 Å². The SMILES string of the molecule is COC[C@H]1OC(=O)c2coc3c(O)c4c(c1c23)CCC1(C)[C@H]4CCC12OCCO2. The molecule has 1 saturated heterocycles. The highest BCUT2D eigenvalue weighted by molar-refractivity contribution is 6.08. The second-order valence-electron chi connectivity index (χ2n) is 8.82. The number of cyclic esters (lactones) is 1. The quantitative estimate of drug-likeness (QED) is 0.771. The van der Waals surface area contributed by atoms with E-state index >= 15 is 0 Å². The van der Waals surface area contributed by atoms with E-state index in [1.807, 2.05) is 0 Å². The normalized spacial score (nSPS) is 31.9. The van der Waals surface area contributed by atoms with E-state index in [2.05, 4.69) is 6.92 Å². The molecule has 2 aromatic rings. The number of fused-ring (bicyclic) bond motifs is 5. The Morgan fingerprint density at radius 2 is 2.03 bits per heavy atom. The van der Waals surface area contributed by atoms with Gasteiger partial charge >= 0.3 is 5.97 Å². The second kappa shape index (κ2) is 5.74. The van der Waals surface area contributed by atoms with Crippen molar-refractivity contribution >= 4 is 16.9 Å². The van der Waals surface area contributed by atoms with Crippen LogP contribution in [0.2, 0.25) is 0 Å². The Morgan fingerprint density at radius 1 is 1.24 bits per heavy atom. The largest absolute Gasteiger partial charge is 0.504 e. The average Bonchev–Trinajstić information content (AvgIpc) is 3.41. The van der Waals surface area contributed by atoms with Crippen LogP contribution < -0.4 is 0 Å². The summed E-state index contributed by atoms with van der Waals surface area (Å²) in [6.07, 6.45) is 4.18. The monoisotopic (exact) mass is 400 g/mol. The van der Waals surface area contributed by atoms with Gasteiger partial charge in [-0.2, -0.15) is 0 Å². The molecule has 1 spiro atoms. The number of hydrogen-bond donors (Lipinski definition) is 1. The minimum atomic E-state index is -0.583. The molecule has 2 aliphatic carbocycles. The van der Waals surface area contributed by atoms with Crippen molar-refractivity contribution in [3.63, 3.8) is 0 Å². The summed E-state index contributed by atoms with van der Waals surface area (Å²) in [5, 5.41) is 12.0. The number of aromatic hydroxyl groups is 1. The highest BCUT2D eigenvalue weighted by Gasteiger charge is 2.63. The van der Waals surface area contributed by atoms with E-state index in [1.165, 1.54) is 6.26 Å². The van der Waals surface area contributed by atoms with Gasteiger partial charge in [-0.3, -0.25) is 0 Å². The first kappa shape index (κ1) is 17.7. The summed E-state index contributed by atoms with van der Waals surface area (Å²) in [6, 6.07) is 0. The predicted molar refractivity (Wildman–Crippen MR) is 101 cm³/mol. The molecular weight excluding hydrogens is 376 g/mol. The Morgan fingerprint density at radius 3 is 2.79 bits per heavy atom. The van der Waals surface area contributed by atoms with Crippen LogP contribution in [0.25, 0.3) is 11.0 Å². The molecule has 0 bridgehead atoms. The molecule has 1 N–H and O–H groups in total. The van der Waals surface area contributed by atoms with Crippen LogP contribution in [0, 0.1) is 5.41 Å². The van der Waals surface area contributed by atoms with E-state index in [4.69, 9.17) is 23.4 Å². The number of phenols is 1. The van der Waals surface area contributed by atoms with Gasteiger partial charge in [0.1, 0.15) is 11.8 Å². The third-order valence-electron chi connectivity index (χ3n) is 7.69. The summed E-state index contributed by atoms with van der Waals surface area (Å²) in [7, 11) is 1.59. The molecule has 1 saturated carbocycles. The zero-order valence-electron chi connectivity index (χ0n) is 16.6. The number of ether oxygens (including phenoxy) is 4. The summed E-state index contributed by atoms with van der Waals surface area (Å²) in [4.78, 5) is 12.4. The average molecular weight is 400 g/mol. The molecule has 7 heteroatoms. The molecule has 2 aliphatic heterocycles. The highest BCUT2D eigenvalue weighted by Crippen LogP contribution is 2.66. The summed E-state index contributed by atoms with van der Waals surface area (Å²) in [6.45, 7) is 3.70. The lowest BCUT2D eigenvalue weighted by Crippen LogP contribution is -2.47. The highest BCUT2D eigenvalue weighted by atomic mass is 16.7. The number of hydrogen-bond acceptors (Lipinski definition) is 7. The van der Waals surface area contributed by atoms with E-state index in [9.17, 15) is 9.90 Å². The number of rotatable bonds is 2. The predicted octanol–water partition coefficient (Wildman–Crippen LogP) is 3.57. The molecule has 7 nitrogen and oxygen atoms in total. The smallest absolute Gasteiger partial charge is 0.342 e. The number of carbonyl (C=O) groups excluding carboxylic acids is 1. The fraction of sp³-hybridized carbons (Fsp3) is 0.591. The van der Waals surface area contributed by atoms with Crippen LogP contribution in [0.1, 0.15) is 65.3 Å². The molecule has 0 amide bonds. The zero-order chi connectivity index (χ0) is 20.0. The number of benzene rings is 1. The van der Waals surface area contributed by atoms with Crippen LogP contribution in [-0.2, 0) is 25.4 Å². The second-order valence-corrected chi connectivity index (χ2v) is 8.82. The van der Waals surface area contributed by atoms with E-state index < -0.39 is 17.9 Å². The molecule has 3 atom stereocenters. The van der Waals surface area contributed by atoms with Gasteiger partial charge in [-0.1, -0.05) is 6.92 Å². The van der Waals surface area contributed by atoms with Gasteiger partial charge in [-0.05, 0) is 30.7 Å². The van der Waals surface area contributed by atoms with Gasteiger partial charge in [-0.25, -0.2) is 4.79 Å². The van der Waals surface area contributed by atoms with Gasteiger partial charge in [0.05, 0.1) is 19.8 Å². The van der Waals surface area contributed by atoms with Crippen molar-refractivity contribution < 1.29 is 33.3 Å². The molecule has 1 aromatic heterocycles. The van der Waals surface area contributed by atoms with Gasteiger partial charge in [0.15, 0.2) is 23.2 Å². The standard InChI is InChI=1S/C22H24O7/c1-21-5-3-11-15(13(21)4-6-22(21)27-7-8-28-22)18(23)19-17-12(9-26-19)20(24)29-14(10-25-2)16(11)17/h9,13-14,23H,3-8,10H2,1-2H3/t13-,14+,21?/m0/s1. The van der Waals surface area contributed by atoms with Crippen LogP contribution in [0.3, 0.4) is 0 Å². The van der Waals surface area contributed by atoms with E-state index in [-0.39, 0.29) is 23.7 Å². The number of phenolic OH excluding ortho intramolecular Hbond substituents is 1. The Hall–Kier alpha value is -2.09. The van der Waals surface area contributed by atoms with Crippen LogP contribution in [0.4, 0.5) is 0 Å². The van der Waals surface area contributed by atoms with Crippen LogP contribution >= 0.6 is 0 Å². The molecule has 0 radical (unpaired) electrons. The number of carbonyl (C=O) groups is 1. The Balaban J connectivity index is 1.61. The first-order chi connectivity index (χ1) is 14.0. The van der Waals surface area contributed by atoms with Crippen molar-refractivity contribution in [2.75, 3.05) is 26.9 Å². The van der Waals surface area contributed by atoms with Crippen LogP contribution in [0.15, 0.2) is 10.7 Å².